The molecule has 0 bridgehead atoms. The van der Waals surface area contributed by atoms with Gasteiger partial charge < -0.3 is 9.88 Å². The molecule has 6 rings (SSSR count). The van der Waals surface area contributed by atoms with Crippen LogP contribution in [-0.2, 0) is 13.2 Å². The fourth-order valence-corrected chi connectivity index (χ4v) is 5.43. The molecule has 2 fully saturated rings. The molecule has 0 amide bonds. The van der Waals surface area contributed by atoms with Crippen LogP contribution in [0.2, 0.25) is 0 Å². The largest absolute Gasteiger partial charge is 0.433 e. The van der Waals surface area contributed by atoms with Gasteiger partial charge in [-0.25, -0.2) is 4.98 Å². The van der Waals surface area contributed by atoms with Gasteiger partial charge in [-0.05, 0) is 55.8 Å². The minimum Gasteiger partial charge on any atom is -0.320 e. The van der Waals surface area contributed by atoms with Crippen molar-refractivity contribution in [2.45, 2.75) is 50.2 Å². The molecule has 1 aliphatic carbocycles. The summed E-state index contributed by atoms with van der Waals surface area (Å²) in [6, 6.07) is 8.83. The zero-order valence-corrected chi connectivity index (χ0v) is 19.3. The number of aryl methyl sites for hydroxylation is 1. The Labute approximate surface area is 200 Å². The Bertz CT molecular complexity index is 1360. The minimum absolute atomic E-state index is 0.0760. The molecular weight excluding hydrogens is 455 g/mol. The summed E-state index contributed by atoms with van der Waals surface area (Å²) in [5.74, 6) is 1.44. The van der Waals surface area contributed by atoms with E-state index in [1.54, 1.807) is 6.33 Å². The summed E-state index contributed by atoms with van der Waals surface area (Å²) in [5.41, 5.74) is 2.39. The average Bonchev–Trinajstić information content (AvgIpc) is 3.56. The van der Waals surface area contributed by atoms with Gasteiger partial charge in [0, 0.05) is 23.9 Å². The van der Waals surface area contributed by atoms with Crippen LogP contribution >= 0.6 is 0 Å². The molecule has 4 aromatic rings. The van der Waals surface area contributed by atoms with Crippen LogP contribution in [0.15, 0.2) is 36.7 Å². The van der Waals surface area contributed by atoms with Crippen LogP contribution < -0.4 is 5.32 Å². The number of fused-ring (bicyclic) bond motifs is 1. The van der Waals surface area contributed by atoms with Gasteiger partial charge in [-0.3, -0.25) is 5.10 Å². The molecule has 2 aliphatic rings. The Morgan fingerprint density at radius 1 is 1.11 bits per heavy atom. The van der Waals surface area contributed by atoms with E-state index in [0.717, 1.165) is 55.2 Å². The molecule has 35 heavy (non-hydrogen) atoms. The van der Waals surface area contributed by atoms with Crippen molar-refractivity contribution in [3.8, 4) is 11.3 Å². The summed E-state index contributed by atoms with van der Waals surface area (Å²) in [4.78, 5) is 4.02. The summed E-state index contributed by atoms with van der Waals surface area (Å²) in [6.45, 7) is 0.762. The molecule has 2 N–H and O–H groups in total. The van der Waals surface area contributed by atoms with Gasteiger partial charge >= 0.3 is 6.18 Å². The lowest BCUT2D eigenvalue weighted by molar-refractivity contribution is -0.141. The highest BCUT2D eigenvalue weighted by molar-refractivity contribution is 5.94. The van der Waals surface area contributed by atoms with Gasteiger partial charge in [0.25, 0.3) is 0 Å². The highest BCUT2D eigenvalue weighted by Crippen LogP contribution is 2.44. The van der Waals surface area contributed by atoms with Crippen molar-refractivity contribution in [1.82, 2.24) is 35.3 Å². The molecule has 1 aliphatic heterocycles. The number of alkyl halides is 3. The maximum Gasteiger partial charge on any atom is 0.433 e. The summed E-state index contributed by atoms with van der Waals surface area (Å²) in [5, 5.41) is 19.7. The van der Waals surface area contributed by atoms with Crippen molar-refractivity contribution >= 4 is 10.9 Å². The van der Waals surface area contributed by atoms with Gasteiger partial charge in [-0.1, -0.05) is 24.6 Å². The molecule has 3 aromatic heterocycles. The number of aromatic nitrogens is 6. The summed E-state index contributed by atoms with van der Waals surface area (Å²) < 4.78 is 43.3. The van der Waals surface area contributed by atoms with E-state index in [2.05, 4.69) is 36.8 Å². The van der Waals surface area contributed by atoms with Crippen molar-refractivity contribution in [2.75, 3.05) is 6.54 Å². The highest BCUT2D eigenvalue weighted by atomic mass is 19.4. The first-order valence-corrected chi connectivity index (χ1v) is 12.0. The number of halogens is 3. The molecule has 1 saturated carbocycles. The lowest BCUT2D eigenvalue weighted by Gasteiger charge is -2.33. The van der Waals surface area contributed by atoms with Crippen molar-refractivity contribution in [1.29, 1.82) is 0 Å². The highest BCUT2D eigenvalue weighted by Gasteiger charge is 2.36. The van der Waals surface area contributed by atoms with Crippen molar-refractivity contribution in [3.05, 3.63) is 59.4 Å². The van der Waals surface area contributed by atoms with E-state index in [9.17, 15) is 13.2 Å². The first-order chi connectivity index (χ1) is 16.9. The maximum atomic E-state index is 13.8. The predicted molar refractivity (Wildman–Crippen MR) is 124 cm³/mol. The summed E-state index contributed by atoms with van der Waals surface area (Å²) in [6.07, 6.45) is 2.23. The van der Waals surface area contributed by atoms with E-state index in [1.807, 2.05) is 29.8 Å². The van der Waals surface area contributed by atoms with E-state index in [4.69, 9.17) is 0 Å². The number of benzene rings is 1. The zero-order valence-electron chi connectivity index (χ0n) is 19.3. The van der Waals surface area contributed by atoms with Gasteiger partial charge in [-0.15, -0.1) is 10.2 Å². The monoisotopic (exact) mass is 481 g/mol. The number of nitrogens with one attached hydrogen (secondary N) is 2. The number of nitrogens with zero attached hydrogens (tertiary/aromatic N) is 5. The SMILES string of the molecule is Cn1cnnc1[C@@H](c1cccc(-c2n[nH]c3c([C@H]4CCCN4)nc(C(F)(F)F)cc23)c1)C1CCC1. The third-order valence-corrected chi connectivity index (χ3v) is 7.43. The van der Waals surface area contributed by atoms with Crippen LogP contribution in [0.25, 0.3) is 22.2 Å². The second-order valence-electron chi connectivity index (χ2n) is 9.63. The molecule has 4 heterocycles. The number of rotatable bonds is 5. The predicted octanol–water partition coefficient (Wildman–Crippen LogP) is 5.13. The second kappa shape index (κ2) is 8.44. The topological polar surface area (TPSA) is 84.3 Å². The summed E-state index contributed by atoms with van der Waals surface area (Å²) >= 11 is 0. The Morgan fingerprint density at radius 3 is 2.63 bits per heavy atom. The quantitative estimate of drug-likeness (QED) is 0.413. The Morgan fingerprint density at radius 2 is 1.97 bits per heavy atom. The number of hydrogen-bond acceptors (Lipinski definition) is 5. The first kappa shape index (κ1) is 22.2. The van der Waals surface area contributed by atoms with E-state index in [-0.39, 0.29) is 12.0 Å². The second-order valence-corrected chi connectivity index (χ2v) is 9.63. The molecular formula is C25H26F3N7. The lowest BCUT2D eigenvalue weighted by atomic mass is 9.72. The third kappa shape index (κ3) is 3.89. The number of H-pyrrole nitrogens is 1. The van der Waals surface area contributed by atoms with E-state index >= 15 is 0 Å². The third-order valence-electron chi connectivity index (χ3n) is 7.43. The van der Waals surface area contributed by atoms with Crippen molar-refractivity contribution in [3.63, 3.8) is 0 Å². The van der Waals surface area contributed by atoms with Crippen molar-refractivity contribution < 1.29 is 13.2 Å². The zero-order chi connectivity index (χ0) is 24.2. The molecule has 2 atom stereocenters. The minimum atomic E-state index is -4.54. The van der Waals surface area contributed by atoms with Crippen molar-refractivity contribution in [2.24, 2.45) is 13.0 Å². The van der Waals surface area contributed by atoms with Crippen LogP contribution in [0.5, 0.6) is 0 Å². The normalized spacial score (nSPS) is 19.8. The number of pyridine rings is 1. The fraction of sp³-hybridized carbons (Fsp3) is 0.440. The molecule has 7 nitrogen and oxygen atoms in total. The van der Waals surface area contributed by atoms with Gasteiger partial charge in [0.1, 0.15) is 23.5 Å². The van der Waals surface area contributed by atoms with Crippen LogP contribution in [0, 0.1) is 5.92 Å². The summed E-state index contributed by atoms with van der Waals surface area (Å²) in [7, 11) is 1.94. The number of hydrogen-bond donors (Lipinski definition) is 2. The molecule has 1 aromatic carbocycles. The van der Waals surface area contributed by atoms with Gasteiger partial charge in [0.05, 0.1) is 17.3 Å². The maximum absolute atomic E-state index is 13.8. The van der Waals surface area contributed by atoms with Gasteiger partial charge in [-0.2, -0.15) is 18.3 Å². The van der Waals surface area contributed by atoms with Crippen LogP contribution in [-0.4, -0.2) is 36.5 Å². The van der Waals surface area contributed by atoms with E-state index in [1.165, 1.54) is 6.42 Å². The molecule has 0 radical (unpaired) electrons. The van der Waals surface area contributed by atoms with Crippen LogP contribution in [0.1, 0.15) is 66.8 Å². The standard InChI is InChI=1S/C25H26F3N7/c1-35-13-30-34-24(35)20(14-5-2-6-14)15-7-3-8-16(11-15)21-17-12-19(25(26,27)28)31-23(22(17)33-32-21)18-9-4-10-29-18/h3,7-8,11-14,18,20,29H,2,4-6,9-10H2,1H3,(H,32,33)/t18-,20-/m1/s1. The van der Waals surface area contributed by atoms with Gasteiger partial charge in [0.2, 0.25) is 0 Å². The molecule has 1 saturated heterocycles. The van der Waals surface area contributed by atoms with Crippen LogP contribution in [0.3, 0.4) is 0 Å². The Kier molecular flexibility index (Phi) is 5.36. The molecule has 10 heteroatoms. The fourth-order valence-electron chi connectivity index (χ4n) is 5.43. The molecule has 182 valence electrons. The molecule has 0 unspecified atom stereocenters. The number of aromatic amines is 1. The lowest BCUT2D eigenvalue weighted by Crippen LogP contribution is -2.24. The van der Waals surface area contributed by atoms with Gasteiger partial charge in [0.15, 0.2) is 0 Å². The molecule has 0 spiro atoms. The Hall–Kier alpha value is -3.27. The van der Waals surface area contributed by atoms with Crippen LogP contribution in [0.4, 0.5) is 13.2 Å². The average molecular weight is 482 g/mol. The van der Waals surface area contributed by atoms with E-state index in [0.29, 0.717) is 28.2 Å². The Balaban J connectivity index is 1.48. The van der Waals surface area contributed by atoms with E-state index < -0.39 is 11.9 Å². The smallest absolute Gasteiger partial charge is 0.320 e. The first-order valence-electron chi connectivity index (χ1n) is 12.0.